The molecular weight excluding hydrogens is 369 g/mol. The molecule has 1 N–H and O–H groups in total. The van der Waals surface area contributed by atoms with Crippen LogP contribution in [0.25, 0.3) is 0 Å². The van der Waals surface area contributed by atoms with Gasteiger partial charge in [-0.1, -0.05) is 45.0 Å². The molecule has 2 aromatic rings. The van der Waals surface area contributed by atoms with Crippen molar-refractivity contribution in [3.05, 3.63) is 65.5 Å². The van der Waals surface area contributed by atoms with Gasteiger partial charge in [-0.05, 0) is 53.6 Å². The number of carbonyl (C=O) groups excluding carboxylic acids is 1. The zero-order valence-electron chi connectivity index (χ0n) is 17.5. The van der Waals surface area contributed by atoms with Gasteiger partial charge in [0.15, 0.2) is 6.61 Å². The van der Waals surface area contributed by atoms with Crippen molar-refractivity contribution in [2.75, 3.05) is 26.4 Å². The smallest absolute Gasteiger partial charge is 0.257 e. The molecule has 1 fully saturated rings. The van der Waals surface area contributed by atoms with Gasteiger partial charge in [0.05, 0.1) is 0 Å². The van der Waals surface area contributed by atoms with Gasteiger partial charge in [0, 0.05) is 25.2 Å². The fourth-order valence-corrected chi connectivity index (χ4v) is 3.65. The van der Waals surface area contributed by atoms with Crippen LogP contribution in [0.5, 0.6) is 5.75 Å². The van der Waals surface area contributed by atoms with Crippen molar-refractivity contribution >= 4 is 5.91 Å². The summed E-state index contributed by atoms with van der Waals surface area (Å²) in [6.45, 7) is 8.17. The maximum absolute atomic E-state index is 13.3. The number of hydrogen-bond acceptors (Lipinski definition) is 3. The lowest BCUT2D eigenvalue weighted by Gasteiger charge is -2.38. The van der Waals surface area contributed by atoms with Crippen LogP contribution in [0.2, 0.25) is 0 Å². The highest BCUT2D eigenvalue weighted by Gasteiger charge is 2.34. The van der Waals surface area contributed by atoms with E-state index >= 15 is 0 Å². The summed E-state index contributed by atoms with van der Waals surface area (Å²) >= 11 is 0. The molecule has 1 aliphatic heterocycles. The Kier molecular flexibility index (Phi) is 6.58. The van der Waals surface area contributed by atoms with Gasteiger partial charge in [0.2, 0.25) is 0 Å². The number of halogens is 1. The molecule has 1 heterocycles. The molecule has 0 saturated carbocycles. The van der Waals surface area contributed by atoms with Gasteiger partial charge < -0.3 is 14.8 Å². The molecule has 5 heteroatoms. The Morgan fingerprint density at radius 2 is 1.69 bits per heavy atom. The summed E-state index contributed by atoms with van der Waals surface area (Å²) in [5.74, 6) is 0.246. The van der Waals surface area contributed by atoms with E-state index in [-0.39, 0.29) is 29.2 Å². The summed E-state index contributed by atoms with van der Waals surface area (Å²) in [5, 5.41) is 3.00. The van der Waals surface area contributed by atoms with Gasteiger partial charge in [0.25, 0.3) is 5.91 Å². The maximum Gasteiger partial charge on any atom is 0.257 e. The van der Waals surface area contributed by atoms with Crippen LogP contribution in [-0.2, 0) is 20.4 Å². The minimum Gasteiger partial charge on any atom is -0.484 e. The third kappa shape index (κ3) is 5.57. The molecule has 0 unspecified atom stereocenters. The van der Waals surface area contributed by atoms with Gasteiger partial charge in [-0.25, -0.2) is 4.39 Å². The number of benzene rings is 2. The monoisotopic (exact) mass is 399 g/mol. The van der Waals surface area contributed by atoms with E-state index < -0.39 is 0 Å². The Morgan fingerprint density at radius 3 is 2.28 bits per heavy atom. The van der Waals surface area contributed by atoms with Gasteiger partial charge in [-0.2, -0.15) is 0 Å². The third-order valence-corrected chi connectivity index (χ3v) is 5.62. The zero-order chi connectivity index (χ0) is 20.9. The van der Waals surface area contributed by atoms with Crippen molar-refractivity contribution in [2.45, 2.75) is 44.4 Å². The highest BCUT2D eigenvalue weighted by atomic mass is 19.1. The normalized spacial score (nSPS) is 16.3. The lowest BCUT2D eigenvalue weighted by molar-refractivity contribution is -0.123. The van der Waals surface area contributed by atoms with Gasteiger partial charge in [-0.15, -0.1) is 0 Å². The molecule has 1 amide bonds. The first-order valence-corrected chi connectivity index (χ1v) is 10.1. The minimum absolute atomic E-state index is 0.0368. The topological polar surface area (TPSA) is 47.6 Å². The van der Waals surface area contributed by atoms with Crippen LogP contribution in [0.3, 0.4) is 0 Å². The second-order valence-electron chi connectivity index (χ2n) is 8.74. The highest BCUT2D eigenvalue weighted by molar-refractivity contribution is 5.77. The number of rotatable bonds is 6. The van der Waals surface area contributed by atoms with Gasteiger partial charge >= 0.3 is 0 Å². The Morgan fingerprint density at radius 1 is 1.07 bits per heavy atom. The van der Waals surface area contributed by atoms with Crippen molar-refractivity contribution in [1.82, 2.24) is 5.32 Å². The van der Waals surface area contributed by atoms with Gasteiger partial charge in [0.1, 0.15) is 11.6 Å². The quantitative estimate of drug-likeness (QED) is 0.785. The summed E-state index contributed by atoms with van der Waals surface area (Å²) in [5.41, 5.74) is 2.08. The van der Waals surface area contributed by atoms with Crippen molar-refractivity contribution < 1.29 is 18.7 Å². The second-order valence-corrected chi connectivity index (χ2v) is 8.74. The fourth-order valence-electron chi connectivity index (χ4n) is 3.65. The molecule has 0 aromatic heterocycles. The predicted molar refractivity (Wildman–Crippen MR) is 112 cm³/mol. The van der Waals surface area contributed by atoms with Crippen molar-refractivity contribution in [3.8, 4) is 5.75 Å². The van der Waals surface area contributed by atoms with Gasteiger partial charge in [-0.3, -0.25) is 4.79 Å². The number of ether oxygens (including phenoxy) is 2. The van der Waals surface area contributed by atoms with E-state index in [2.05, 4.69) is 26.1 Å². The molecule has 29 heavy (non-hydrogen) atoms. The first-order chi connectivity index (χ1) is 13.8. The molecule has 1 saturated heterocycles. The molecule has 0 aliphatic carbocycles. The van der Waals surface area contributed by atoms with Crippen LogP contribution in [0.15, 0.2) is 48.5 Å². The van der Waals surface area contributed by atoms with E-state index in [9.17, 15) is 9.18 Å². The Hall–Kier alpha value is -2.40. The standard InChI is InChI=1S/C24H30FNO3/c1-23(2,3)18-6-10-21(11-7-18)29-16-22(27)26-17-24(12-14-28-15-13-24)19-4-8-20(25)9-5-19/h4-11H,12-17H2,1-3H3,(H,26,27). The van der Waals surface area contributed by atoms with Crippen LogP contribution in [-0.4, -0.2) is 32.3 Å². The van der Waals surface area contributed by atoms with Crippen LogP contribution < -0.4 is 10.1 Å². The molecule has 2 aromatic carbocycles. The number of nitrogens with one attached hydrogen (secondary N) is 1. The fraction of sp³-hybridized carbons (Fsp3) is 0.458. The minimum atomic E-state index is -0.258. The lowest BCUT2D eigenvalue weighted by Crippen LogP contribution is -2.45. The molecular formula is C24H30FNO3. The Labute approximate surface area is 172 Å². The van der Waals surface area contributed by atoms with Crippen LogP contribution in [0.4, 0.5) is 4.39 Å². The lowest BCUT2D eigenvalue weighted by atomic mass is 9.74. The summed E-state index contributed by atoms with van der Waals surface area (Å²) in [4.78, 5) is 12.4. The van der Waals surface area contributed by atoms with Crippen LogP contribution in [0.1, 0.15) is 44.7 Å². The van der Waals surface area contributed by atoms with Crippen molar-refractivity contribution in [3.63, 3.8) is 0 Å². The molecule has 1 aliphatic rings. The predicted octanol–water partition coefficient (Wildman–Crippen LogP) is 4.37. The SMILES string of the molecule is CC(C)(C)c1ccc(OCC(=O)NCC2(c3ccc(F)cc3)CCOCC2)cc1. The molecule has 4 nitrogen and oxygen atoms in total. The molecule has 0 atom stereocenters. The molecule has 0 spiro atoms. The van der Waals surface area contributed by atoms with E-state index in [1.165, 1.54) is 17.7 Å². The number of hydrogen-bond donors (Lipinski definition) is 1. The molecule has 3 rings (SSSR count). The summed E-state index contributed by atoms with van der Waals surface area (Å²) in [7, 11) is 0. The second kappa shape index (κ2) is 8.95. The summed E-state index contributed by atoms with van der Waals surface area (Å²) in [6, 6.07) is 14.4. The van der Waals surface area contributed by atoms with Crippen molar-refractivity contribution in [1.29, 1.82) is 0 Å². The Balaban J connectivity index is 1.57. The number of carbonyl (C=O) groups is 1. The molecule has 156 valence electrons. The van der Waals surface area contributed by atoms with Crippen LogP contribution >= 0.6 is 0 Å². The average molecular weight is 400 g/mol. The molecule has 0 bridgehead atoms. The zero-order valence-corrected chi connectivity index (χ0v) is 17.5. The Bertz CT molecular complexity index is 804. The van der Waals surface area contributed by atoms with Crippen molar-refractivity contribution in [2.24, 2.45) is 0 Å². The largest absolute Gasteiger partial charge is 0.484 e. The van der Waals surface area contributed by atoms with E-state index in [1.807, 2.05) is 24.3 Å². The third-order valence-electron chi connectivity index (χ3n) is 5.62. The van der Waals surface area contributed by atoms with E-state index in [0.717, 1.165) is 18.4 Å². The highest BCUT2D eigenvalue weighted by Crippen LogP contribution is 2.34. The maximum atomic E-state index is 13.3. The van der Waals surface area contributed by atoms with E-state index in [0.29, 0.717) is 25.5 Å². The summed E-state index contributed by atoms with van der Waals surface area (Å²) in [6.07, 6.45) is 1.57. The first kappa shape index (κ1) is 21.3. The van der Waals surface area contributed by atoms with E-state index in [1.54, 1.807) is 12.1 Å². The van der Waals surface area contributed by atoms with E-state index in [4.69, 9.17) is 9.47 Å². The average Bonchev–Trinajstić information content (AvgIpc) is 2.71. The first-order valence-electron chi connectivity index (χ1n) is 10.1. The summed E-state index contributed by atoms with van der Waals surface area (Å²) < 4.78 is 24.5. The van der Waals surface area contributed by atoms with Crippen LogP contribution in [0, 0.1) is 5.82 Å². The number of amides is 1. The molecule has 0 radical (unpaired) electrons.